The molecule has 1 aromatic rings. The molecule has 102 valence electrons. The van der Waals surface area contributed by atoms with Gasteiger partial charge in [0.05, 0.1) is 4.90 Å². The zero-order chi connectivity index (χ0) is 13.9. The van der Waals surface area contributed by atoms with Crippen LogP contribution < -0.4 is 0 Å². The second kappa shape index (κ2) is 5.54. The highest BCUT2D eigenvalue weighted by Gasteiger charge is 2.33. The molecule has 1 N–H and O–H groups in total. The molecule has 1 aliphatic rings. The average Bonchev–Trinajstić information content (AvgIpc) is 2.86. The zero-order valence-electron chi connectivity index (χ0n) is 10.3. The number of hydrogen-bond acceptors (Lipinski definition) is 3. The minimum Gasteiger partial charge on any atom is -0.478 e. The molecule has 19 heavy (non-hydrogen) atoms. The summed E-state index contributed by atoms with van der Waals surface area (Å²) in [5, 5.41) is 8.63. The van der Waals surface area contributed by atoms with Crippen molar-refractivity contribution < 1.29 is 18.3 Å². The number of carbonyl (C=O) groups is 1. The fraction of sp³-hybridized carbons (Fsp3) is 0.308. The Morgan fingerprint density at radius 1 is 1.32 bits per heavy atom. The van der Waals surface area contributed by atoms with E-state index < -0.39 is 16.0 Å². The highest BCUT2D eigenvalue weighted by atomic mass is 32.2. The van der Waals surface area contributed by atoms with E-state index in [1.54, 1.807) is 30.3 Å². The molecule has 0 aromatic heterocycles. The lowest BCUT2D eigenvalue weighted by Crippen LogP contribution is -2.34. The molecule has 0 bridgehead atoms. The van der Waals surface area contributed by atoms with E-state index in [0.29, 0.717) is 13.0 Å². The van der Waals surface area contributed by atoms with Gasteiger partial charge in [0.2, 0.25) is 10.0 Å². The van der Waals surface area contributed by atoms with Crippen molar-refractivity contribution in [2.24, 2.45) is 0 Å². The fourth-order valence-electron chi connectivity index (χ4n) is 2.18. The van der Waals surface area contributed by atoms with Crippen LogP contribution in [0.15, 0.2) is 47.4 Å². The van der Waals surface area contributed by atoms with Gasteiger partial charge in [-0.15, -0.1) is 0 Å². The number of benzene rings is 1. The third-order valence-electron chi connectivity index (χ3n) is 3.06. The summed E-state index contributed by atoms with van der Waals surface area (Å²) in [6.07, 6.45) is 3.83. The van der Waals surface area contributed by atoms with Crippen LogP contribution in [0.1, 0.15) is 12.8 Å². The number of hydrogen-bond donors (Lipinski definition) is 1. The summed E-state index contributed by atoms with van der Waals surface area (Å²) in [5.41, 5.74) is 0. The van der Waals surface area contributed by atoms with E-state index in [-0.39, 0.29) is 10.9 Å². The van der Waals surface area contributed by atoms with E-state index >= 15 is 0 Å². The van der Waals surface area contributed by atoms with Gasteiger partial charge in [-0.3, -0.25) is 0 Å². The van der Waals surface area contributed by atoms with Crippen LogP contribution in [0.3, 0.4) is 0 Å². The lowest BCUT2D eigenvalue weighted by atomic mass is 10.2. The van der Waals surface area contributed by atoms with Crippen LogP contribution in [-0.4, -0.2) is 36.4 Å². The maximum atomic E-state index is 12.4. The Hall–Kier alpha value is -1.66. The van der Waals surface area contributed by atoms with Crippen molar-refractivity contribution >= 4 is 16.0 Å². The molecule has 1 aromatic carbocycles. The summed E-state index contributed by atoms with van der Waals surface area (Å²) in [5.74, 6) is -1.07. The molecule has 0 unspecified atom stereocenters. The third kappa shape index (κ3) is 3.02. The van der Waals surface area contributed by atoms with Crippen molar-refractivity contribution in [2.45, 2.75) is 23.8 Å². The molecule has 0 amide bonds. The molecular weight excluding hydrogens is 266 g/mol. The molecule has 1 atom stereocenters. The standard InChI is InChI=1S/C13H15NO4S/c15-13(16)9-8-11-5-4-10-14(11)19(17,18)12-6-2-1-3-7-12/h1-3,6-9,11H,4-5,10H2,(H,15,16)/b9-8+/t11-/m1/s1. The minimum atomic E-state index is -3.55. The molecule has 0 spiro atoms. The van der Waals surface area contributed by atoms with Crippen LogP contribution >= 0.6 is 0 Å². The fourth-order valence-corrected chi connectivity index (χ4v) is 3.85. The lowest BCUT2D eigenvalue weighted by molar-refractivity contribution is -0.131. The first kappa shape index (κ1) is 13.8. The first-order valence-corrected chi connectivity index (χ1v) is 7.44. The molecule has 5 nitrogen and oxygen atoms in total. The summed E-state index contributed by atoms with van der Waals surface area (Å²) in [6, 6.07) is 7.82. The zero-order valence-corrected chi connectivity index (χ0v) is 11.1. The van der Waals surface area contributed by atoms with E-state index in [9.17, 15) is 13.2 Å². The second-order valence-electron chi connectivity index (χ2n) is 4.34. The number of carboxylic acid groups (broad SMARTS) is 1. The van der Waals surface area contributed by atoms with Gasteiger partial charge < -0.3 is 5.11 Å². The van der Waals surface area contributed by atoms with Crippen molar-refractivity contribution in [2.75, 3.05) is 6.54 Å². The van der Waals surface area contributed by atoms with E-state index in [4.69, 9.17) is 5.11 Å². The van der Waals surface area contributed by atoms with Crippen molar-refractivity contribution in [1.82, 2.24) is 4.31 Å². The summed E-state index contributed by atoms with van der Waals surface area (Å²) in [4.78, 5) is 10.8. The number of sulfonamides is 1. The summed E-state index contributed by atoms with van der Waals surface area (Å²) < 4.78 is 26.2. The molecule has 0 radical (unpaired) electrons. The van der Waals surface area contributed by atoms with Crippen molar-refractivity contribution in [1.29, 1.82) is 0 Å². The van der Waals surface area contributed by atoms with Gasteiger partial charge in [0.1, 0.15) is 0 Å². The summed E-state index contributed by atoms with van der Waals surface area (Å²) >= 11 is 0. The lowest BCUT2D eigenvalue weighted by Gasteiger charge is -2.21. The number of carboxylic acids is 1. The highest BCUT2D eigenvalue weighted by Crippen LogP contribution is 2.26. The molecule has 1 heterocycles. The van der Waals surface area contributed by atoms with Gasteiger partial charge in [-0.1, -0.05) is 24.3 Å². The molecule has 0 aliphatic carbocycles. The van der Waals surface area contributed by atoms with Gasteiger partial charge in [-0.25, -0.2) is 13.2 Å². The van der Waals surface area contributed by atoms with Crippen molar-refractivity contribution in [3.63, 3.8) is 0 Å². The summed E-state index contributed by atoms with van der Waals surface area (Å²) in [6.45, 7) is 0.422. The average molecular weight is 281 g/mol. The molecular formula is C13H15NO4S. The molecule has 1 aliphatic heterocycles. The van der Waals surface area contributed by atoms with Crippen molar-refractivity contribution in [3.8, 4) is 0 Å². The van der Waals surface area contributed by atoms with Gasteiger partial charge in [-0.05, 0) is 25.0 Å². The van der Waals surface area contributed by atoms with Gasteiger partial charge in [0.25, 0.3) is 0 Å². The normalized spacial score (nSPS) is 20.9. The van der Waals surface area contributed by atoms with E-state index in [1.807, 2.05) is 0 Å². The van der Waals surface area contributed by atoms with Crippen LogP contribution in [0.4, 0.5) is 0 Å². The Bertz CT molecular complexity index is 580. The van der Waals surface area contributed by atoms with E-state index in [2.05, 4.69) is 0 Å². The van der Waals surface area contributed by atoms with Crippen LogP contribution in [0.5, 0.6) is 0 Å². The predicted molar refractivity (Wildman–Crippen MR) is 70.1 cm³/mol. The maximum Gasteiger partial charge on any atom is 0.328 e. The Morgan fingerprint density at radius 3 is 2.63 bits per heavy atom. The number of rotatable bonds is 4. The molecule has 2 rings (SSSR count). The van der Waals surface area contributed by atoms with Crippen LogP contribution in [0.25, 0.3) is 0 Å². The third-order valence-corrected chi connectivity index (χ3v) is 5.00. The molecule has 1 fully saturated rings. The van der Waals surface area contributed by atoms with Gasteiger partial charge in [0.15, 0.2) is 0 Å². The van der Waals surface area contributed by atoms with Crippen LogP contribution in [0, 0.1) is 0 Å². The van der Waals surface area contributed by atoms with Gasteiger partial charge in [0, 0.05) is 18.7 Å². The monoisotopic (exact) mass is 281 g/mol. The summed E-state index contributed by atoms with van der Waals surface area (Å²) in [7, 11) is -3.55. The quantitative estimate of drug-likeness (QED) is 0.848. The Balaban J connectivity index is 2.27. The van der Waals surface area contributed by atoms with Gasteiger partial charge >= 0.3 is 5.97 Å². The van der Waals surface area contributed by atoms with Crippen LogP contribution in [0.2, 0.25) is 0 Å². The largest absolute Gasteiger partial charge is 0.478 e. The molecule has 0 saturated carbocycles. The van der Waals surface area contributed by atoms with E-state index in [1.165, 1.54) is 10.4 Å². The van der Waals surface area contributed by atoms with Crippen molar-refractivity contribution in [3.05, 3.63) is 42.5 Å². The first-order chi connectivity index (χ1) is 9.01. The molecule has 1 saturated heterocycles. The van der Waals surface area contributed by atoms with E-state index in [0.717, 1.165) is 12.5 Å². The highest BCUT2D eigenvalue weighted by molar-refractivity contribution is 7.89. The number of nitrogens with zero attached hydrogens (tertiary/aromatic N) is 1. The maximum absolute atomic E-state index is 12.4. The Kier molecular flexibility index (Phi) is 4.01. The Morgan fingerprint density at radius 2 is 2.00 bits per heavy atom. The van der Waals surface area contributed by atoms with Gasteiger partial charge in [-0.2, -0.15) is 4.31 Å². The second-order valence-corrected chi connectivity index (χ2v) is 6.23. The smallest absolute Gasteiger partial charge is 0.328 e. The topological polar surface area (TPSA) is 74.7 Å². The number of aliphatic carboxylic acids is 1. The predicted octanol–water partition coefficient (Wildman–Crippen LogP) is 1.48. The first-order valence-electron chi connectivity index (χ1n) is 6.00. The Labute approximate surface area is 112 Å². The SMILES string of the molecule is O=C(O)/C=C/[C@H]1CCCN1S(=O)(=O)c1ccccc1. The molecule has 6 heteroatoms. The minimum absolute atomic E-state index is 0.241. The van der Waals surface area contributed by atoms with Crippen LogP contribution in [-0.2, 0) is 14.8 Å².